The van der Waals surface area contributed by atoms with Crippen LogP contribution in [0.2, 0.25) is 5.02 Å². The molecular weight excluding hydrogens is 384 g/mol. The molecule has 4 rings (SSSR count). The SMILES string of the molecule is CCCNn1c(Nc2c[nH]c3ccc(Cl)cc23)nc2cc(C(C)(F)F)ccc21. The first kappa shape index (κ1) is 18.6. The molecule has 0 atom stereocenters. The van der Waals surface area contributed by atoms with E-state index in [1.165, 1.54) is 12.1 Å². The molecule has 0 aliphatic heterocycles. The molecule has 3 N–H and O–H groups in total. The van der Waals surface area contributed by atoms with Crippen molar-refractivity contribution in [2.24, 2.45) is 0 Å². The van der Waals surface area contributed by atoms with Crippen LogP contribution < -0.4 is 10.7 Å². The molecule has 0 aliphatic carbocycles. The third-order valence-corrected chi connectivity index (χ3v) is 4.81. The normalized spacial score (nSPS) is 12.0. The fraction of sp³-hybridized carbons (Fsp3) is 0.250. The Bertz CT molecular complexity index is 1140. The number of fused-ring (bicyclic) bond motifs is 2. The topological polar surface area (TPSA) is 57.7 Å². The van der Waals surface area contributed by atoms with E-state index in [-0.39, 0.29) is 5.56 Å². The Morgan fingerprint density at radius 3 is 2.79 bits per heavy atom. The van der Waals surface area contributed by atoms with Gasteiger partial charge in [0.05, 0.1) is 16.7 Å². The van der Waals surface area contributed by atoms with Crippen molar-refractivity contribution in [3.63, 3.8) is 0 Å². The largest absolute Gasteiger partial charge is 0.359 e. The predicted molar refractivity (Wildman–Crippen MR) is 110 cm³/mol. The van der Waals surface area contributed by atoms with Gasteiger partial charge >= 0.3 is 0 Å². The van der Waals surface area contributed by atoms with E-state index in [0.717, 1.165) is 35.5 Å². The van der Waals surface area contributed by atoms with E-state index in [1.807, 2.05) is 24.4 Å². The van der Waals surface area contributed by atoms with Gasteiger partial charge in [-0.15, -0.1) is 0 Å². The molecule has 2 aromatic heterocycles. The van der Waals surface area contributed by atoms with Crippen molar-refractivity contribution in [3.8, 4) is 0 Å². The summed E-state index contributed by atoms with van der Waals surface area (Å²) in [6.07, 6.45) is 2.74. The molecule has 4 aromatic rings. The number of benzene rings is 2. The molecule has 0 spiro atoms. The van der Waals surface area contributed by atoms with E-state index < -0.39 is 5.92 Å². The van der Waals surface area contributed by atoms with Crippen LogP contribution in [0.25, 0.3) is 21.9 Å². The summed E-state index contributed by atoms with van der Waals surface area (Å²) in [6.45, 7) is 3.65. The molecule has 0 saturated heterocycles. The third kappa shape index (κ3) is 3.38. The highest BCUT2D eigenvalue weighted by atomic mass is 35.5. The van der Waals surface area contributed by atoms with Crippen molar-refractivity contribution in [2.75, 3.05) is 17.3 Å². The van der Waals surface area contributed by atoms with Crippen LogP contribution in [0.5, 0.6) is 0 Å². The van der Waals surface area contributed by atoms with Gasteiger partial charge in [0.25, 0.3) is 5.92 Å². The van der Waals surface area contributed by atoms with Crippen molar-refractivity contribution in [2.45, 2.75) is 26.2 Å². The van der Waals surface area contributed by atoms with Crippen LogP contribution in [0, 0.1) is 0 Å². The van der Waals surface area contributed by atoms with Crippen LogP contribution in [0.4, 0.5) is 20.4 Å². The van der Waals surface area contributed by atoms with Gasteiger partial charge in [0, 0.05) is 41.2 Å². The summed E-state index contributed by atoms with van der Waals surface area (Å²) in [5.41, 5.74) is 6.17. The minimum absolute atomic E-state index is 0.0643. The van der Waals surface area contributed by atoms with E-state index >= 15 is 0 Å². The number of rotatable bonds is 6. The predicted octanol–water partition coefficient (Wildman–Crippen LogP) is 5.98. The van der Waals surface area contributed by atoms with Crippen molar-refractivity contribution in [3.05, 3.63) is 53.2 Å². The molecule has 5 nitrogen and oxygen atoms in total. The molecule has 0 saturated carbocycles. The summed E-state index contributed by atoms with van der Waals surface area (Å²) in [5.74, 6) is -2.41. The highest BCUT2D eigenvalue weighted by Crippen LogP contribution is 2.32. The zero-order valence-corrected chi connectivity index (χ0v) is 16.2. The average Bonchev–Trinajstić information content (AvgIpc) is 3.20. The summed E-state index contributed by atoms with van der Waals surface area (Å²) >= 11 is 6.13. The highest BCUT2D eigenvalue weighted by Gasteiger charge is 2.25. The number of aromatic amines is 1. The molecule has 28 heavy (non-hydrogen) atoms. The summed E-state index contributed by atoms with van der Waals surface area (Å²) in [6, 6.07) is 10.1. The van der Waals surface area contributed by atoms with Crippen LogP contribution >= 0.6 is 11.6 Å². The number of alkyl halides is 2. The average molecular weight is 404 g/mol. The van der Waals surface area contributed by atoms with E-state index in [4.69, 9.17) is 11.6 Å². The van der Waals surface area contributed by atoms with Gasteiger partial charge in [-0.1, -0.05) is 24.6 Å². The number of H-pyrrole nitrogens is 1. The van der Waals surface area contributed by atoms with Crippen molar-refractivity contribution in [1.29, 1.82) is 0 Å². The first-order chi connectivity index (χ1) is 13.4. The minimum Gasteiger partial charge on any atom is -0.359 e. The van der Waals surface area contributed by atoms with Crippen LogP contribution in [0.1, 0.15) is 25.8 Å². The van der Waals surface area contributed by atoms with Crippen LogP contribution in [-0.4, -0.2) is 21.2 Å². The van der Waals surface area contributed by atoms with Gasteiger partial charge in [0.1, 0.15) is 0 Å². The first-order valence-electron chi connectivity index (χ1n) is 9.05. The maximum absolute atomic E-state index is 13.7. The van der Waals surface area contributed by atoms with Crippen molar-refractivity contribution in [1.82, 2.24) is 14.6 Å². The zero-order valence-electron chi connectivity index (χ0n) is 15.5. The first-order valence-corrected chi connectivity index (χ1v) is 9.43. The second kappa shape index (κ2) is 6.98. The maximum Gasteiger partial charge on any atom is 0.270 e. The monoisotopic (exact) mass is 403 g/mol. The maximum atomic E-state index is 13.7. The number of nitrogens with one attached hydrogen (secondary N) is 3. The summed E-state index contributed by atoms with van der Waals surface area (Å²) in [7, 11) is 0. The smallest absolute Gasteiger partial charge is 0.270 e. The molecule has 8 heteroatoms. The van der Waals surface area contributed by atoms with Crippen LogP contribution in [-0.2, 0) is 5.92 Å². The van der Waals surface area contributed by atoms with E-state index in [0.29, 0.717) is 23.0 Å². The zero-order chi connectivity index (χ0) is 19.9. The molecule has 0 bridgehead atoms. The van der Waals surface area contributed by atoms with Gasteiger partial charge in [0.15, 0.2) is 0 Å². The molecule has 0 aliphatic rings. The molecule has 0 unspecified atom stereocenters. The van der Waals surface area contributed by atoms with Gasteiger partial charge in [-0.25, -0.2) is 18.4 Å². The summed E-state index contributed by atoms with van der Waals surface area (Å²) in [4.78, 5) is 7.74. The van der Waals surface area contributed by atoms with E-state index in [1.54, 1.807) is 10.7 Å². The Hall–Kier alpha value is -2.80. The number of nitrogens with zero attached hydrogens (tertiary/aromatic N) is 2. The minimum atomic E-state index is -2.92. The number of halogens is 3. The number of imidazole rings is 1. The Kier molecular flexibility index (Phi) is 4.63. The fourth-order valence-corrected chi connectivity index (χ4v) is 3.31. The third-order valence-electron chi connectivity index (χ3n) is 4.57. The summed E-state index contributed by atoms with van der Waals surface area (Å²) < 4.78 is 29.2. The molecule has 0 radical (unpaired) electrons. The van der Waals surface area contributed by atoms with E-state index in [2.05, 4.69) is 27.6 Å². The lowest BCUT2D eigenvalue weighted by Gasteiger charge is -2.13. The lowest BCUT2D eigenvalue weighted by atomic mass is 10.1. The molecule has 0 fully saturated rings. The Labute approximate surface area is 165 Å². The standard InChI is InChI=1S/C20H20ClF2N5/c1-3-8-25-28-18-7-4-12(20(2,22)23)9-16(18)26-19(28)27-17-11-24-15-6-5-13(21)10-14(15)17/h4-7,9-11,24-25H,3,8H2,1-2H3,(H,26,27). The molecule has 2 heterocycles. The van der Waals surface area contributed by atoms with Crippen LogP contribution in [0.3, 0.4) is 0 Å². The van der Waals surface area contributed by atoms with Gasteiger partial charge in [-0.05, 0) is 36.8 Å². The highest BCUT2D eigenvalue weighted by molar-refractivity contribution is 6.31. The second-order valence-electron chi connectivity index (χ2n) is 6.79. The molecular formula is C20H20ClF2N5. The molecule has 146 valence electrons. The van der Waals surface area contributed by atoms with Gasteiger partial charge in [0.2, 0.25) is 5.95 Å². The Morgan fingerprint density at radius 2 is 2.04 bits per heavy atom. The number of hydrogen-bond donors (Lipinski definition) is 3. The van der Waals surface area contributed by atoms with E-state index in [9.17, 15) is 8.78 Å². The number of hydrogen-bond acceptors (Lipinski definition) is 3. The Morgan fingerprint density at radius 1 is 1.21 bits per heavy atom. The second-order valence-corrected chi connectivity index (χ2v) is 7.22. The molecule has 0 amide bonds. The van der Waals surface area contributed by atoms with Crippen LogP contribution in [0.15, 0.2) is 42.6 Å². The van der Waals surface area contributed by atoms with Crippen molar-refractivity contribution < 1.29 is 8.78 Å². The van der Waals surface area contributed by atoms with Crippen molar-refractivity contribution >= 4 is 45.2 Å². The quantitative estimate of drug-likeness (QED) is 0.371. The lowest BCUT2D eigenvalue weighted by Crippen LogP contribution is -2.17. The summed E-state index contributed by atoms with van der Waals surface area (Å²) in [5, 5.41) is 4.84. The van der Waals surface area contributed by atoms with Gasteiger partial charge in [-0.2, -0.15) is 0 Å². The Balaban J connectivity index is 1.80. The lowest BCUT2D eigenvalue weighted by molar-refractivity contribution is 0.0176. The van der Waals surface area contributed by atoms with Gasteiger partial charge < -0.3 is 15.7 Å². The van der Waals surface area contributed by atoms with Gasteiger partial charge in [-0.3, -0.25) is 0 Å². The molecule has 2 aromatic carbocycles. The number of aromatic nitrogens is 3. The number of anilines is 2. The fourth-order valence-electron chi connectivity index (χ4n) is 3.14.